The van der Waals surface area contributed by atoms with Gasteiger partial charge in [0.05, 0.1) is 6.04 Å². The summed E-state index contributed by atoms with van der Waals surface area (Å²) in [7, 11) is 0. The largest absolute Gasteiger partial charge is 0.368 e. The maximum Gasteiger partial charge on any atom is 0.234 e. The number of nitrogens with one attached hydrogen (secondary N) is 1. The number of amides is 1. The zero-order chi connectivity index (χ0) is 13.1. The van der Waals surface area contributed by atoms with Gasteiger partial charge in [-0.3, -0.25) is 9.69 Å². The zero-order valence-corrected chi connectivity index (χ0v) is 11.6. The fourth-order valence-electron chi connectivity index (χ4n) is 2.17. The maximum atomic E-state index is 11.1. The molecule has 4 heteroatoms. The van der Waals surface area contributed by atoms with E-state index in [9.17, 15) is 4.79 Å². The lowest BCUT2D eigenvalue weighted by molar-refractivity contribution is -0.123. The van der Waals surface area contributed by atoms with Gasteiger partial charge in [-0.05, 0) is 66.1 Å². The van der Waals surface area contributed by atoms with Crippen LogP contribution in [0, 0.1) is 5.92 Å². The molecule has 0 aromatic rings. The number of piperidine rings is 1. The van der Waals surface area contributed by atoms with Crippen molar-refractivity contribution < 1.29 is 4.79 Å². The predicted octanol–water partition coefficient (Wildman–Crippen LogP) is 0.960. The van der Waals surface area contributed by atoms with Crippen molar-refractivity contribution in [1.29, 1.82) is 0 Å². The number of rotatable bonds is 4. The molecule has 0 aromatic heterocycles. The Hall–Kier alpha value is -0.610. The van der Waals surface area contributed by atoms with Crippen molar-refractivity contribution in [1.82, 2.24) is 10.2 Å². The highest BCUT2D eigenvalue weighted by atomic mass is 16.1. The number of nitrogens with two attached hydrogens (primary N) is 1. The lowest BCUT2D eigenvalue weighted by Gasteiger charge is -2.35. The van der Waals surface area contributed by atoms with Crippen molar-refractivity contribution in [3.05, 3.63) is 0 Å². The van der Waals surface area contributed by atoms with Crippen LogP contribution in [0.5, 0.6) is 0 Å². The van der Waals surface area contributed by atoms with Crippen LogP contribution in [0.25, 0.3) is 0 Å². The molecule has 0 aliphatic carbocycles. The minimum atomic E-state index is -0.212. The SMILES string of the molecule is CC(C(N)=O)N1CCC(CNC(C)(C)C)CC1. The highest BCUT2D eigenvalue weighted by Crippen LogP contribution is 2.19. The Morgan fingerprint density at radius 3 is 2.35 bits per heavy atom. The van der Waals surface area contributed by atoms with Gasteiger partial charge in [0.15, 0.2) is 0 Å². The van der Waals surface area contributed by atoms with Crippen LogP contribution in [-0.4, -0.2) is 42.0 Å². The summed E-state index contributed by atoms with van der Waals surface area (Å²) in [5, 5.41) is 3.55. The molecule has 1 aliphatic rings. The molecule has 17 heavy (non-hydrogen) atoms. The van der Waals surface area contributed by atoms with E-state index in [1.807, 2.05) is 6.92 Å². The summed E-state index contributed by atoms with van der Waals surface area (Å²) >= 11 is 0. The van der Waals surface area contributed by atoms with Crippen LogP contribution in [0.4, 0.5) is 0 Å². The molecule has 1 heterocycles. The number of carbonyl (C=O) groups excluding carboxylic acids is 1. The van der Waals surface area contributed by atoms with Gasteiger partial charge in [0.1, 0.15) is 0 Å². The quantitative estimate of drug-likeness (QED) is 0.771. The molecule has 3 N–H and O–H groups in total. The molecule has 100 valence electrons. The fraction of sp³-hybridized carbons (Fsp3) is 0.923. The van der Waals surface area contributed by atoms with Crippen molar-refractivity contribution in [3.8, 4) is 0 Å². The molecule has 1 unspecified atom stereocenters. The second kappa shape index (κ2) is 5.83. The molecule has 1 aliphatic heterocycles. The summed E-state index contributed by atoms with van der Waals surface area (Å²) in [6.45, 7) is 11.5. The van der Waals surface area contributed by atoms with E-state index in [0.29, 0.717) is 0 Å². The number of likely N-dealkylation sites (tertiary alicyclic amines) is 1. The summed E-state index contributed by atoms with van der Waals surface area (Å²) in [6, 6.07) is -0.119. The number of primary amides is 1. The van der Waals surface area contributed by atoms with Gasteiger partial charge in [-0.2, -0.15) is 0 Å². The number of hydrogen-bond donors (Lipinski definition) is 2. The van der Waals surface area contributed by atoms with Crippen molar-refractivity contribution in [3.63, 3.8) is 0 Å². The Kier molecular flexibility index (Phi) is 4.95. The van der Waals surface area contributed by atoms with Crippen molar-refractivity contribution in [2.24, 2.45) is 11.7 Å². The fourth-order valence-corrected chi connectivity index (χ4v) is 2.17. The normalized spacial score (nSPS) is 21.4. The number of carbonyl (C=O) groups is 1. The van der Waals surface area contributed by atoms with Crippen molar-refractivity contribution >= 4 is 5.91 Å². The van der Waals surface area contributed by atoms with Crippen LogP contribution in [0.3, 0.4) is 0 Å². The predicted molar refractivity (Wildman–Crippen MR) is 70.7 cm³/mol. The summed E-state index contributed by atoms with van der Waals surface area (Å²) in [5.41, 5.74) is 5.52. The van der Waals surface area contributed by atoms with E-state index in [4.69, 9.17) is 5.73 Å². The van der Waals surface area contributed by atoms with E-state index < -0.39 is 0 Å². The van der Waals surface area contributed by atoms with Crippen LogP contribution < -0.4 is 11.1 Å². The van der Waals surface area contributed by atoms with Crippen molar-refractivity contribution in [2.75, 3.05) is 19.6 Å². The van der Waals surface area contributed by atoms with E-state index in [-0.39, 0.29) is 17.5 Å². The number of hydrogen-bond acceptors (Lipinski definition) is 3. The third kappa shape index (κ3) is 5.04. The van der Waals surface area contributed by atoms with Gasteiger partial charge in [-0.25, -0.2) is 0 Å². The second-order valence-electron chi connectivity index (χ2n) is 6.19. The van der Waals surface area contributed by atoms with E-state index >= 15 is 0 Å². The lowest BCUT2D eigenvalue weighted by atomic mass is 9.94. The molecule has 1 amide bonds. The molecular weight excluding hydrogens is 214 g/mol. The van der Waals surface area contributed by atoms with Gasteiger partial charge in [0, 0.05) is 5.54 Å². The van der Waals surface area contributed by atoms with Gasteiger partial charge >= 0.3 is 0 Å². The minimum Gasteiger partial charge on any atom is -0.368 e. The van der Waals surface area contributed by atoms with Gasteiger partial charge in [0.2, 0.25) is 5.91 Å². The molecule has 4 nitrogen and oxygen atoms in total. The highest BCUT2D eigenvalue weighted by molar-refractivity contribution is 5.79. The van der Waals surface area contributed by atoms with Gasteiger partial charge in [-0.15, -0.1) is 0 Å². The lowest BCUT2D eigenvalue weighted by Crippen LogP contribution is -2.48. The first-order valence-electron chi connectivity index (χ1n) is 6.58. The van der Waals surface area contributed by atoms with Crippen molar-refractivity contribution in [2.45, 2.75) is 52.1 Å². The van der Waals surface area contributed by atoms with Gasteiger partial charge in [0.25, 0.3) is 0 Å². The smallest absolute Gasteiger partial charge is 0.234 e. The topological polar surface area (TPSA) is 58.4 Å². The molecule has 0 bridgehead atoms. The molecule has 0 spiro atoms. The van der Waals surface area contributed by atoms with Crippen LogP contribution in [0.1, 0.15) is 40.5 Å². The Labute approximate surface area is 105 Å². The van der Waals surface area contributed by atoms with Crippen LogP contribution in [0.15, 0.2) is 0 Å². The molecule has 1 rings (SSSR count). The molecule has 0 radical (unpaired) electrons. The average Bonchev–Trinajstić information content (AvgIpc) is 2.25. The standard InChI is InChI=1S/C13H27N3O/c1-10(12(14)17)16-7-5-11(6-8-16)9-15-13(2,3)4/h10-11,15H,5-9H2,1-4H3,(H2,14,17). The van der Waals surface area contributed by atoms with E-state index in [0.717, 1.165) is 38.4 Å². The summed E-state index contributed by atoms with van der Waals surface area (Å²) < 4.78 is 0. The van der Waals surface area contributed by atoms with Gasteiger partial charge in [-0.1, -0.05) is 0 Å². The molecular formula is C13H27N3O. The van der Waals surface area contributed by atoms with E-state index in [1.54, 1.807) is 0 Å². The third-order valence-corrected chi connectivity index (χ3v) is 3.53. The first kappa shape index (κ1) is 14.5. The first-order chi connectivity index (χ1) is 7.79. The molecule has 1 fully saturated rings. The zero-order valence-electron chi connectivity index (χ0n) is 11.6. The number of nitrogens with zero attached hydrogens (tertiary/aromatic N) is 1. The Morgan fingerprint density at radius 1 is 1.41 bits per heavy atom. The molecule has 0 saturated carbocycles. The molecule has 1 atom stereocenters. The maximum absolute atomic E-state index is 11.1. The molecule has 1 saturated heterocycles. The van der Waals surface area contributed by atoms with Crippen LogP contribution in [-0.2, 0) is 4.79 Å². The van der Waals surface area contributed by atoms with Crippen LogP contribution >= 0.6 is 0 Å². The molecule has 0 aromatic carbocycles. The average molecular weight is 241 g/mol. The first-order valence-corrected chi connectivity index (χ1v) is 6.58. The summed E-state index contributed by atoms with van der Waals surface area (Å²) in [4.78, 5) is 13.3. The summed E-state index contributed by atoms with van der Waals surface area (Å²) in [6.07, 6.45) is 2.31. The Balaban J connectivity index is 2.29. The second-order valence-corrected chi connectivity index (χ2v) is 6.19. The van der Waals surface area contributed by atoms with Gasteiger partial charge < -0.3 is 11.1 Å². The third-order valence-electron chi connectivity index (χ3n) is 3.53. The van der Waals surface area contributed by atoms with Crippen LogP contribution in [0.2, 0.25) is 0 Å². The Bertz CT molecular complexity index is 252. The minimum absolute atomic E-state index is 0.119. The Morgan fingerprint density at radius 2 is 1.94 bits per heavy atom. The van der Waals surface area contributed by atoms with E-state index in [1.165, 1.54) is 0 Å². The monoisotopic (exact) mass is 241 g/mol. The summed E-state index contributed by atoms with van der Waals surface area (Å²) in [5.74, 6) is 0.516. The van der Waals surface area contributed by atoms with E-state index in [2.05, 4.69) is 31.0 Å². The highest BCUT2D eigenvalue weighted by Gasteiger charge is 2.25.